The molecule has 0 aromatic heterocycles. The molecule has 5 heteroatoms. The molecule has 2 N–H and O–H groups in total. The summed E-state index contributed by atoms with van der Waals surface area (Å²) < 4.78 is 0. The Morgan fingerprint density at radius 2 is 1.86 bits per heavy atom. The van der Waals surface area contributed by atoms with Crippen molar-refractivity contribution in [1.82, 2.24) is 10.7 Å². The van der Waals surface area contributed by atoms with Gasteiger partial charge in [0.2, 0.25) is 0 Å². The van der Waals surface area contributed by atoms with Crippen LogP contribution in [0.2, 0.25) is 0 Å². The van der Waals surface area contributed by atoms with Crippen molar-refractivity contribution >= 4 is 17.5 Å². The van der Waals surface area contributed by atoms with E-state index in [2.05, 4.69) is 22.8 Å². The second-order valence-electron chi connectivity index (χ2n) is 4.89. The average molecular weight is 289 g/mol. The first-order valence-electron chi connectivity index (χ1n) is 7.28. The molecule has 0 aliphatic rings. The van der Waals surface area contributed by atoms with Crippen molar-refractivity contribution in [3.8, 4) is 0 Å². The molecule has 1 rings (SSSR count). The van der Waals surface area contributed by atoms with Gasteiger partial charge in [-0.25, -0.2) is 5.43 Å². The molecule has 0 bridgehead atoms. The minimum Gasteiger partial charge on any atom is -0.343 e. The van der Waals surface area contributed by atoms with E-state index in [1.54, 1.807) is 24.3 Å². The molecular weight excluding hydrogens is 266 g/mol. The molecule has 2 amide bonds. The molecule has 0 saturated heterocycles. The van der Waals surface area contributed by atoms with Crippen LogP contribution in [0.15, 0.2) is 35.4 Å². The predicted octanol–water partition coefficient (Wildman–Crippen LogP) is 2.49. The van der Waals surface area contributed by atoms with E-state index in [1.807, 2.05) is 13.0 Å². The minimum absolute atomic E-state index is 0.0839. The van der Waals surface area contributed by atoms with Crippen molar-refractivity contribution in [1.29, 1.82) is 0 Å². The maximum atomic E-state index is 11.7. The smallest absolute Gasteiger partial charge is 0.259 e. The summed E-state index contributed by atoms with van der Waals surface area (Å²) in [5, 5.41) is 6.57. The molecule has 1 aromatic rings. The second kappa shape index (κ2) is 9.69. The summed E-state index contributed by atoms with van der Waals surface area (Å²) in [6, 6.07) is 8.78. The Hall–Kier alpha value is -2.17. The zero-order chi connectivity index (χ0) is 15.5. The quantitative estimate of drug-likeness (QED) is 0.438. The van der Waals surface area contributed by atoms with Gasteiger partial charge in [-0.2, -0.15) is 5.10 Å². The van der Waals surface area contributed by atoms with Crippen LogP contribution in [-0.2, 0) is 4.79 Å². The first-order chi connectivity index (χ1) is 10.1. The standard InChI is InChI=1S/C16H23N3O2/c1-3-4-6-9-13(2)18-19-15(20)12-17-16(21)14-10-7-5-8-11-14/h5,7-8,10-11H,3-4,6,9,12H2,1-2H3,(H,17,21)(H,19,20). The number of carbonyl (C=O) groups is 2. The SMILES string of the molecule is CCCCCC(C)=NNC(=O)CNC(=O)c1ccccc1. The third-order valence-corrected chi connectivity index (χ3v) is 2.96. The fourth-order valence-electron chi connectivity index (χ4n) is 1.74. The summed E-state index contributed by atoms with van der Waals surface area (Å²) >= 11 is 0. The summed E-state index contributed by atoms with van der Waals surface area (Å²) in [5.41, 5.74) is 3.88. The molecule has 114 valence electrons. The van der Waals surface area contributed by atoms with Crippen molar-refractivity contribution in [3.63, 3.8) is 0 Å². The number of amides is 2. The normalized spacial score (nSPS) is 11.0. The van der Waals surface area contributed by atoms with Crippen LogP contribution in [-0.4, -0.2) is 24.1 Å². The van der Waals surface area contributed by atoms with E-state index in [-0.39, 0.29) is 18.4 Å². The van der Waals surface area contributed by atoms with Crippen LogP contribution in [0, 0.1) is 0 Å². The van der Waals surface area contributed by atoms with E-state index in [0.717, 1.165) is 31.4 Å². The monoisotopic (exact) mass is 289 g/mol. The minimum atomic E-state index is -0.325. The Kier molecular flexibility index (Phi) is 7.79. The third kappa shape index (κ3) is 7.25. The van der Waals surface area contributed by atoms with E-state index in [0.29, 0.717) is 5.56 Å². The molecule has 0 aliphatic heterocycles. The van der Waals surface area contributed by atoms with E-state index < -0.39 is 0 Å². The van der Waals surface area contributed by atoms with Crippen molar-refractivity contribution in [3.05, 3.63) is 35.9 Å². The molecule has 0 spiro atoms. The summed E-state index contributed by atoms with van der Waals surface area (Å²) in [5.74, 6) is -0.594. The maximum Gasteiger partial charge on any atom is 0.259 e. The Morgan fingerprint density at radius 3 is 2.52 bits per heavy atom. The van der Waals surface area contributed by atoms with Crippen LogP contribution in [0.25, 0.3) is 0 Å². The lowest BCUT2D eigenvalue weighted by Gasteiger charge is -2.05. The van der Waals surface area contributed by atoms with Gasteiger partial charge in [-0.1, -0.05) is 38.0 Å². The second-order valence-corrected chi connectivity index (χ2v) is 4.89. The van der Waals surface area contributed by atoms with Gasteiger partial charge in [0.25, 0.3) is 11.8 Å². The zero-order valence-electron chi connectivity index (χ0n) is 12.7. The Bertz CT molecular complexity index is 484. The number of nitrogens with one attached hydrogen (secondary N) is 2. The van der Waals surface area contributed by atoms with Crippen LogP contribution >= 0.6 is 0 Å². The first kappa shape index (κ1) is 16.9. The molecule has 0 heterocycles. The van der Waals surface area contributed by atoms with Crippen molar-refractivity contribution in [2.24, 2.45) is 5.10 Å². The van der Waals surface area contributed by atoms with Gasteiger partial charge in [0, 0.05) is 11.3 Å². The molecular formula is C16H23N3O2. The summed E-state index contributed by atoms with van der Waals surface area (Å²) in [7, 11) is 0. The van der Waals surface area contributed by atoms with Gasteiger partial charge in [0.05, 0.1) is 6.54 Å². The van der Waals surface area contributed by atoms with Gasteiger partial charge >= 0.3 is 0 Å². The summed E-state index contributed by atoms with van der Waals surface area (Å²) in [6.45, 7) is 3.95. The first-order valence-corrected chi connectivity index (χ1v) is 7.28. The Labute approximate surface area is 125 Å². The van der Waals surface area contributed by atoms with Gasteiger partial charge in [0.1, 0.15) is 0 Å². The van der Waals surface area contributed by atoms with Gasteiger partial charge in [-0.3, -0.25) is 9.59 Å². The molecule has 0 aliphatic carbocycles. The van der Waals surface area contributed by atoms with Crippen LogP contribution in [0.1, 0.15) is 49.9 Å². The molecule has 0 fully saturated rings. The van der Waals surface area contributed by atoms with Crippen molar-refractivity contribution in [2.75, 3.05) is 6.54 Å². The summed E-state index contributed by atoms with van der Waals surface area (Å²) in [6.07, 6.45) is 4.27. The van der Waals surface area contributed by atoms with E-state index in [1.165, 1.54) is 0 Å². The maximum absolute atomic E-state index is 11.7. The molecule has 1 aromatic carbocycles. The highest BCUT2D eigenvalue weighted by Gasteiger charge is 2.06. The number of hydrazone groups is 1. The molecule has 0 radical (unpaired) electrons. The zero-order valence-corrected chi connectivity index (χ0v) is 12.7. The summed E-state index contributed by atoms with van der Waals surface area (Å²) in [4.78, 5) is 23.3. The van der Waals surface area contributed by atoms with Crippen molar-refractivity contribution in [2.45, 2.75) is 39.5 Å². The Balaban J connectivity index is 2.28. The number of carbonyl (C=O) groups excluding carboxylic acids is 2. The fourth-order valence-corrected chi connectivity index (χ4v) is 1.74. The molecule has 0 atom stereocenters. The lowest BCUT2D eigenvalue weighted by atomic mass is 10.1. The molecule has 0 saturated carbocycles. The van der Waals surface area contributed by atoms with Crippen molar-refractivity contribution < 1.29 is 9.59 Å². The Morgan fingerprint density at radius 1 is 1.14 bits per heavy atom. The number of nitrogens with zero attached hydrogens (tertiary/aromatic N) is 1. The lowest BCUT2D eigenvalue weighted by Crippen LogP contribution is -2.35. The number of rotatable bonds is 8. The number of hydrogen-bond acceptors (Lipinski definition) is 3. The predicted molar refractivity (Wildman–Crippen MR) is 84.2 cm³/mol. The van der Waals surface area contributed by atoms with E-state index in [4.69, 9.17) is 0 Å². The highest BCUT2D eigenvalue weighted by atomic mass is 16.2. The van der Waals surface area contributed by atoms with Crippen LogP contribution in [0.4, 0.5) is 0 Å². The lowest BCUT2D eigenvalue weighted by molar-refractivity contribution is -0.120. The highest BCUT2D eigenvalue weighted by molar-refractivity contribution is 5.96. The van der Waals surface area contributed by atoms with Gasteiger partial charge in [-0.05, 0) is 31.9 Å². The largest absolute Gasteiger partial charge is 0.343 e. The van der Waals surface area contributed by atoms with Crippen LogP contribution < -0.4 is 10.7 Å². The molecule has 0 unspecified atom stereocenters. The fraction of sp³-hybridized carbons (Fsp3) is 0.438. The number of unbranched alkanes of at least 4 members (excludes halogenated alkanes) is 2. The number of benzene rings is 1. The number of hydrogen-bond donors (Lipinski definition) is 2. The van der Waals surface area contributed by atoms with Crippen LogP contribution in [0.3, 0.4) is 0 Å². The van der Waals surface area contributed by atoms with Gasteiger partial charge < -0.3 is 5.32 Å². The highest BCUT2D eigenvalue weighted by Crippen LogP contribution is 2.00. The van der Waals surface area contributed by atoms with Crippen LogP contribution in [0.5, 0.6) is 0 Å². The average Bonchev–Trinajstić information content (AvgIpc) is 2.51. The molecule has 5 nitrogen and oxygen atoms in total. The topological polar surface area (TPSA) is 70.6 Å². The van der Waals surface area contributed by atoms with E-state index >= 15 is 0 Å². The third-order valence-electron chi connectivity index (χ3n) is 2.96. The molecule has 21 heavy (non-hydrogen) atoms. The van der Waals surface area contributed by atoms with E-state index in [9.17, 15) is 9.59 Å². The van der Waals surface area contributed by atoms with Gasteiger partial charge in [-0.15, -0.1) is 0 Å². The van der Waals surface area contributed by atoms with Gasteiger partial charge in [0.15, 0.2) is 0 Å².